The molecular formula is C22H14BrClN4OS. The summed E-state index contributed by atoms with van der Waals surface area (Å²) in [4.78, 5) is 5.62. The van der Waals surface area contributed by atoms with E-state index in [0.29, 0.717) is 11.0 Å². The number of ether oxygens (including phenoxy) is 1. The lowest BCUT2D eigenvalue weighted by Crippen LogP contribution is -2.32. The fourth-order valence-electron chi connectivity index (χ4n) is 4.11. The Balaban J connectivity index is 1.65. The van der Waals surface area contributed by atoms with Crippen molar-refractivity contribution in [2.45, 2.75) is 12.1 Å². The Labute approximate surface area is 190 Å². The third-order valence-electron chi connectivity index (χ3n) is 5.34. The molecule has 5 nitrogen and oxygen atoms in total. The molecule has 0 saturated heterocycles. The summed E-state index contributed by atoms with van der Waals surface area (Å²) in [5, 5.41) is 10.8. The molecule has 4 aromatic rings. The molecule has 2 aromatic heterocycles. The van der Waals surface area contributed by atoms with Gasteiger partial charge >= 0.3 is 0 Å². The van der Waals surface area contributed by atoms with Crippen LogP contribution in [0.3, 0.4) is 0 Å². The standard InChI is InChI=1S/C22H14BrClN4OS/c23-13-4-1-3-12(9-13)21-18-19(15-10-14(24)6-7-16(15)29-21)27-22-25-11-26-28(22)20(18)17-5-2-8-30-17/h1-11,20-21H,(H,25,26,27). The highest BCUT2D eigenvalue weighted by Gasteiger charge is 2.41. The maximum absolute atomic E-state index is 6.58. The third kappa shape index (κ3) is 2.80. The molecule has 0 aliphatic carbocycles. The van der Waals surface area contributed by atoms with Gasteiger partial charge in [0.25, 0.3) is 0 Å². The molecule has 2 aliphatic heterocycles. The van der Waals surface area contributed by atoms with E-state index in [0.717, 1.165) is 32.6 Å². The molecule has 2 aromatic carbocycles. The van der Waals surface area contributed by atoms with Crippen LogP contribution in [-0.4, -0.2) is 14.8 Å². The van der Waals surface area contributed by atoms with E-state index in [1.165, 1.54) is 4.88 Å². The third-order valence-corrected chi connectivity index (χ3v) is 6.99. The first-order valence-corrected chi connectivity index (χ1v) is 11.4. The van der Waals surface area contributed by atoms with E-state index in [1.807, 2.05) is 35.0 Å². The highest BCUT2D eigenvalue weighted by atomic mass is 79.9. The van der Waals surface area contributed by atoms with Gasteiger partial charge in [-0.2, -0.15) is 10.1 Å². The second-order valence-corrected chi connectivity index (χ2v) is 9.43. The van der Waals surface area contributed by atoms with Gasteiger partial charge in [0.2, 0.25) is 5.95 Å². The molecule has 0 amide bonds. The fourth-order valence-corrected chi connectivity index (χ4v) is 5.52. The van der Waals surface area contributed by atoms with E-state index >= 15 is 0 Å². The van der Waals surface area contributed by atoms with Crippen molar-refractivity contribution < 1.29 is 4.74 Å². The molecule has 0 spiro atoms. The summed E-state index contributed by atoms with van der Waals surface area (Å²) >= 11 is 11.7. The van der Waals surface area contributed by atoms with Gasteiger partial charge in [-0.15, -0.1) is 11.3 Å². The molecule has 0 fully saturated rings. The van der Waals surface area contributed by atoms with Crippen LogP contribution in [0.2, 0.25) is 5.02 Å². The zero-order chi connectivity index (χ0) is 20.2. The lowest BCUT2D eigenvalue weighted by molar-refractivity contribution is 0.223. The van der Waals surface area contributed by atoms with Crippen molar-refractivity contribution in [3.05, 3.63) is 97.4 Å². The first-order valence-electron chi connectivity index (χ1n) is 9.35. The second kappa shape index (κ2) is 6.97. The van der Waals surface area contributed by atoms with E-state index in [4.69, 9.17) is 16.3 Å². The Morgan fingerprint density at radius 3 is 2.90 bits per heavy atom. The normalized spacial score (nSPS) is 19.4. The van der Waals surface area contributed by atoms with Crippen LogP contribution in [0, 0.1) is 0 Å². The molecule has 4 heterocycles. The van der Waals surface area contributed by atoms with Crippen molar-refractivity contribution in [1.29, 1.82) is 0 Å². The number of nitrogens with zero attached hydrogens (tertiary/aromatic N) is 3. The maximum atomic E-state index is 6.58. The van der Waals surface area contributed by atoms with Crippen LogP contribution in [0.1, 0.15) is 28.1 Å². The number of aromatic nitrogens is 3. The number of fused-ring (bicyclic) bond motifs is 3. The quantitative estimate of drug-likeness (QED) is 0.352. The first-order chi connectivity index (χ1) is 14.7. The van der Waals surface area contributed by atoms with Crippen LogP contribution in [0.15, 0.2) is 76.4 Å². The lowest BCUT2D eigenvalue weighted by atomic mass is 9.87. The molecule has 2 aliphatic rings. The highest BCUT2D eigenvalue weighted by Crippen LogP contribution is 2.51. The van der Waals surface area contributed by atoms with E-state index in [1.54, 1.807) is 17.7 Å². The number of anilines is 1. The van der Waals surface area contributed by atoms with Gasteiger partial charge in [-0.1, -0.05) is 45.7 Å². The Morgan fingerprint density at radius 1 is 1.13 bits per heavy atom. The van der Waals surface area contributed by atoms with Gasteiger partial charge in [0.1, 0.15) is 24.2 Å². The van der Waals surface area contributed by atoms with Gasteiger partial charge in [-0.05, 0) is 47.3 Å². The smallest absolute Gasteiger partial charge is 0.226 e. The lowest BCUT2D eigenvalue weighted by Gasteiger charge is -2.38. The van der Waals surface area contributed by atoms with E-state index in [9.17, 15) is 0 Å². The van der Waals surface area contributed by atoms with Crippen molar-refractivity contribution in [1.82, 2.24) is 14.8 Å². The SMILES string of the molecule is Clc1ccc2c(c1)C1=C(C(c3cccc(Br)c3)O2)C(c2cccs2)n2ncnc2N1. The van der Waals surface area contributed by atoms with E-state index in [2.05, 4.69) is 61.0 Å². The van der Waals surface area contributed by atoms with Gasteiger partial charge in [-0.25, -0.2) is 4.68 Å². The summed E-state index contributed by atoms with van der Waals surface area (Å²) in [6, 6.07) is 18.0. The molecule has 8 heteroatoms. The number of rotatable bonds is 2. The number of nitrogens with one attached hydrogen (secondary N) is 1. The van der Waals surface area contributed by atoms with Gasteiger partial charge in [-0.3, -0.25) is 0 Å². The molecule has 0 bridgehead atoms. The van der Waals surface area contributed by atoms with E-state index in [-0.39, 0.29) is 12.1 Å². The van der Waals surface area contributed by atoms with Crippen LogP contribution in [0.4, 0.5) is 5.95 Å². The van der Waals surface area contributed by atoms with Crippen molar-refractivity contribution in [2.24, 2.45) is 0 Å². The van der Waals surface area contributed by atoms with Crippen LogP contribution in [-0.2, 0) is 0 Å². The number of thiophene rings is 1. The fraction of sp³-hybridized carbons (Fsp3) is 0.0909. The summed E-state index contributed by atoms with van der Waals surface area (Å²) < 4.78 is 9.51. The topological polar surface area (TPSA) is 52.0 Å². The summed E-state index contributed by atoms with van der Waals surface area (Å²) in [6.45, 7) is 0. The second-order valence-electron chi connectivity index (χ2n) is 7.09. The number of hydrogen-bond donors (Lipinski definition) is 1. The molecule has 2 unspecified atom stereocenters. The summed E-state index contributed by atoms with van der Waals surface area (Å²) in [5.74, 6) is 1.49. The minimum atomic E-state index is -0.289. The Morgan fingerprint density at radius 2 is 2.07 bits per heavy atom. The predicted octanol–water partition coefficient (Wildman–Crippen LogP) is 6.32. The van der Waals surface area contributed by atoms with E-state index < -0.39 is 0 Å². The molecule has 0 radical (unpaired) electrons. The van der Waals surface area contributed by atoms with Gasteiger partial charge in [0.15, 0.2) is 0 Å². The molecule has 148 valence electrons. The first kappa shape index (κ1) is 18.2. The van der Waals surface area contributed by atoms with Gasteiger partial charge in [0, 0.05) is 25.5 Å². The van der Waals surface area contributed by atoms with Crippen LogP contribution >= 0.6 is 38.9 Å². The van der Waals surface area contributed by atoms with Crippen LogP contribution in [0.5, 0.6) is 5.75 Å². The van der Waals surface area contributed by atoms with Gasteiger partial charge in [0.05, 0.1) is 5.70 Å². The number of halogens is 2. The minimum absolute atomic E-state index is 0.130. The molecule has 0 saturated carbocycles. The summed E-state index contributed by atoms with van der Waals surface area (Å²) in [7, 11) is 0. The molecule has 6 rings (SSSR count). The predicted molar refractivity (Wildman–Crippen MR) is 122 cm³/mol. The molecule has 2 atom stereocenters. The molecule has 1 N–H and O–H groups in total. The largest absolute Gasteiger partial charge is 0.480 e. The molecule has 30 heavy (non-hydrogen) atoms. The minimum Gasteiger partial charge on any atom is -0.480 e. The average molecular weight is 498 g/mol. The Hall–Kier alpha value is -2.61. The highest BCUT2D eigenvalue weighted by molar-refractivity contribution is 9.10. The van der Waals surface area contributed by atoms with Gasteiger partial charge < -0.3 is 10.1 Å². The summed E-state index contributed by atoms with van der Waals surface area (Å²) in [5.41, 5.74) is 4.05. The Kier molecular flexibility index (Phi) is 4.23. The van der Waals surface area contributed by atoms with Crippen molar-refractivity contribution >= 4 is 50.5 Å². The zero-order valence-corrected chi connectivity index (χ0v) is 18.6. The average Bonchev–Trinajstić information content (AvgIpc) is 3.44. The summed E-state index contributed by atoms with van der Waals surface area (Å²) in [6.07, 6.45) is 1.29. The maximum Gasteiger partial charge on any atom is 0.226 e. The Bertz CT molecular complexity index is 1300. The van der Waals surface area contributed by atoms with Crippen LogP contribution < -0.4 is 10.1 Å². The zero-order valence-electron chi connectivity index (χ0n) is 15.4. The number of hydrogen-bond acceptors (Lipinski definition) is 5. The molecular weight excluding hydrogens is 484 g/mol. The van der Waals surface area contributed by atoms with Crippen molar-refractivity contribution in [2.75, 3.05) is 5.32 Å². The number of benzene rings is 2. The van der Waals surface area contributed by atoms with Crippen molar-refractivity contribution in [3.63, 3.8) is 0 Å². The monoisotopic (exact) mass is 496 g/mol. The van der Waals surface area contributed by atoms with Crippen LogP contribution in [0.25, 0.3) is 5.70 Å². The van der Waals surface area contributed by atoms with Crippen molar-refractivity contribution in [3.8, 4) is 5.75 Å².